The van der Waals surface area contributed by atoms with Crippen LogP contribution in [-0.2, 0) is 15.6 Å². The Morgan fingerprint density at radius 3 is 2.75 bits per heavy atom. The first-order chi connectivity index (χ1) is 7.46. The Bertz CT molecular complexity index is 495. The Morgan fingerprint density at radius 2 is 2.12 bits per heavy atom. The minimum absolute atomic E-state index is 0.0474. The van der Waals surface area contributed by atoms with E-state index in [1.165, 1.54) is 0 Å². The molecule has 1 heterocycles. The molecule has 0 atom stereocenters. The van der Waals surface area contributed by atoms with Crippen molar-refractivity contribution in [2.75, 3.05) is 5.75 Å². The normalized spacial score (nSPS) is 16.4. The first kappa shape index (κ1) is 12.0. The molecule has 5 heteroatoms. The van der Waals surface area contributed by atoms with Gasteiger partial charge in [-0.2, -0.15) is 0 Å². The highest BCUT2D eigenvalue weighted by Gasteiger charge is 2.28. The van der Waals surface area contributed by atoms with E-state index in [0.717, 1.165) is 23.0 Å². The summed E-state index contributed by atoms with van der Waals surface area (Å²) in [7, 11) is -3.00. The Labute approximate surface area is 104 Å². The lowest BCUT2D eigenvalue weighted by Gasteiger charge is -2.06. The van der Waals surface area contributed by atoms with Gasteiger partial charge in [-0.25, -0.2) is 8.42 Å². The maximum Gasteiger partial charge on any atom is 0.156 e. The average Bonchev–Trinajstić information content (AvgIpc) is 2.94. The molecule has 1 aromatic heterocycles. The van der Waals surface area contributed by atoms with Gasteiger partial charge in [0.2, 0.25) is 0 Å². The molecule has 0 aliphatic heterocycles. The molecule has 88 valence electrons. The zero-order valence-corrected chi connectivity index (χ0v) is 11.5. The zero-order valence-electron chi connectivity index (χ0n) is 9.11. The number of nitrogens with zero attached hydrogens (tertiary/aromatic N) is 1. The first-order valence-electron chi connectivity index (χ1n) is 5.29. The fourth-order valence-corrected chi connectivity index (χ4v) is 3.96. The van der Waals surface area contributed by atoms with Crippen molar-refractivity contribution in [3.8, 4) is 0 Å². The topological polar surface area (TPSA) is 47.0 Å². The number of hydrogen-bond acceptors (Lipinski definition) is 3. The van der Waals surface area contributed by atoms with Gasteiger partial charge in [0.25, 0.3) is 0 Å². The summed E-state index contributed by atoms with van der Waals surface area (Å²) in [6, 6.07) is 3.71. The summed E-state index contributed by atoms with van der Waals surface area (Å²) >= 11 is 3.34. The second-order valence-electron chi connectivity index (χ2n) is 4.38. The number of pyridine rings is 1. The molecule has 1 aliphatic rings. The molecule has 0 spiro atoms. The molecular weight excluding hydrogens is 290 g/mol. The molecule has 0 saturated heterocycles. The standard InChI is InChI=1S/C11H14BrNO2S/c1-8-2-5-10(12)11(13-8)7-16(14,15)6-9-3-4-9/h2,5,9H,3-4,6-7H2,1H3. The van der Waals surface area contributed by atoms with Crippen molar-refractivity contribution >= 4 is 25.8 Å². The second kappa shape index (κ2) is 4.45. The first-order valence-corrected chi connectivity index (χ1v) is 7.90. The Balaban J connectivity index is 2.15. The van der Waals surface area contributed by atoms with E-state index in [1.807, 2.05) is 19.1 Å². The third kappa shape index (κ3) is 3.28. The molecular formula is C11H14BrNO2S. The molecule has 1 fully saturated rings. The highest BCUT2D eigenvalue weighted by molar-refractivity contribution is 9.10. The van der Waals surface area contributed by atoms with Crippen LogP contribution >= 0.6 is 15.9 Å². The van der Waals surface area contributed by atoms with Crippen LogP contribution < -0.4 is 0 Å². The number of rotatable bonds is 4. The van der Waals surface area contributed by atoms with Crippen LogP contribution in [0.25, 0.3) is 0 Å². The maximum atomic E-state index is 11.9. The van der Waals surface area contributed by atoms with E-state index in [-0.39, 0.29) is 5.75 Å². The van der Waals surface area contributed by atoms with Gasteiger partial charge in [0.15, 0.2) is 9.84 Å². The van der Waals surface area contributed by atoms with E-state index in [9.17, 15) is 8.42 Å². The number of aromatic nitrogens is 1. The zero-order chi connectivity index (χ0) is 11.8. The highest BCUT2D eigenvalue weighted by Crippen LogP contribution is 2.31. The van der Waals surface area contributed by atoms with Crippen LogP contribution in [0.3, 0.4) is 0 Å². The molecule has 1 saturated carbocycles. The summed E-state index contributed by atoms with van der Waals surface area (Å²) in [6.07, 6.45) is 2.11. The summed E-state index contributed by atoms with van der Waals surface area (Å²) in [5, 5.41) is 0. The molecule has 1 aliphatic carbocycles. The van der Waals surface area contributed by atoms with Crippen molar-refractivity contribution in [1.29, 1.82) is 0 Å². The summed E-state index contributed by atoms with van der Waals surface area (Å²) in [5.41, 5.74) is 1.47. The highest BCUT2D eigenvalue weighted by atomic mass is 79.9. The van der Waals surface area contributed by atoms with Crippen LogP contribution in [0.5, 0.6) is 0 Å². The van der Waals surface area contributed by atoms with Crippen LogP contribution in [0.15, 0.2) is 16.6 Å². The number of hydrogen-bond donors (Lipinski definition) is 0. The van der Waals surface area contributed by atoms with Crippen LogP contribution in [0.2, 0.25) is 0 Å². The fourth-order valence-electron chi connectivity index (χ4n) is 1.61. The Hall–Kier alpha value is -0.420. The lowest BCUT2D eigenvalue weighted by molar-refractivity contribution is 0.590. The van der Waals surface area contributed by atoms with Gasteiger partial charge < -0.3 is 0 Å². The molecule has 1 aromatic rings. The molecule has 0 N–H and O–H groups in total. The predicted octanol–water partition coefficient (Wildman–Crippen LogP) is 2.48. The van der Waals surface area contributed by atoms with E-state index in [2.05, 4.69) is 20.9 Å². The fraction of sp³-hybridized carbons (Fsp3) is 0.545. The van der Waals surface area contributed by atoms with Crippen molar-refractivity contribution in [2.45, 2.75) is 25.5 Å². The predicted molar refractivity (Wildman–Crippen MR) is 66.9 cm³/mol. The van der Waals surface area contributed by atoms with Crippen molar-refractivity contribution in [1.82, 2.24) is 4.98 Å². The quantitative estimate of drug-likeness (QED) is 0.858. The third-order valence-electron chi connectivity index (χ3n) is 2.60. The Morgan fingerprint density at radius 1 is 1.44 bits per heavy atom. The summed E-state index contributed by atoms with van der Waals surface area (Å²) < 4.78 is 24.5. The number of aryl methyl sites for hydroxylation is 1. The van der Waals surface area contributed by atoms with Crippen molar-refractivity contribution in [3.05, 3.63) is 28.0 Å². The molecule has 0 amide bonds. The monoisotopic (exact) mass is 303 g/mol. The van der Waals surface area contributed by atoms with Crippen LogP contribution in [-0.4, -0.2) is 19.2 Å². The molecule has 0 unspecified atom stereocenters. The van der Waals surface area contributed by atoms with Crippen LogP contribution in [0.4, 0.5) is 0 Å². The van der Waals surface area contributed by atoms with E-state index in [4.69, 9.17) is 0 Å². The summed E-state index contributed by atoms with van der Waals surface area (Å²) in [4.78, 5) is 4.26. The van der Waals surface area contributed by atoms with Gasteiger partial charge in [-0.3, -0.25) is 4.98 Å². The largest absolute Gasteiger partial charge is 0.256 e. The van der Waals surface area contributed by atoms with Crippen LogP contribution in [0.1, 0.15) is 24.2 Å². The molecule has 0 radical (unpaired) electrons. The van der Waals surface area contributed by atoms with Crippen molar-refractivity contribution < 1.29 is 8.42 Å². The van der Waals surface area contributed by atoms with Gasteiger partial charge >= 0.3 is 0 Å². The summed E-state index contributed by atoms with van der Waals surface area (Å²) in [5.74, 6) is 0.759. The second-order valence-corrected chi connectivity index (χ2v) is 7.34. The summed E-state index contributed by atoms with van der Waals surface area (Å²) in [6.45, 7) is 1.86. The lowest BCUT2D eigenvalue weighted by atomic mass is 10.3. The van der Waals surface area contributed by atoms with E-state index in [0.29, 0.717) is 17.4 Å². The third-order valence-corrected chi connectivity index (χ3v) is 5.02. The molecule has 16 heavy (non-hydrogen) atoms. The van der Waals surface area contributed by atoms with Gasteiger partial charge in [0, 0.05) is 10.2 Å². The lowest BCUT2D eigenvalue weighted by Crippen LogP contribution is -2.12. The van der Waals surface area contributed by atoms with Crippen molar-refractivity contribution in [2.24, 2.45) is 5.92 Å². The van der Waals surface area contributed by atoms with E-state index in [1.54, 1.807) is 0 Å². The minimum Gasteiger partial charge on any atom is -0.256 e. The van der Waals surface area contributed by atoms with Gasteiger partial charge in [-0.05, 0) is 53.7 Å². The van der Waals surface area contributed by atoms with Crippen LogP contribution in [0, 0.1) is 12.8 Å². The Kier molecular flexibility index (Phi) is 3.35. The van der Waals surface area contributed by atoms with Gasteiger partial charge in [-0.15, -0.1) is 0 Å². The smallest absolute Gasteiger partial charge is 0.156 e. The molecule has 2 rings (SSSR count). The molecule has 0 bridgehead atoms. The van der Waals surface area contributed by atoms with E-state index >= 15 is 0 Å². The number of sulfone groups is 1. The maximum absolute atomic E-state index is 11.9. The van der Waals surface area contributed by atoms with Gasteiger partial charge in [0.1, 0.15) is 0 Å². The SMILES string of the molecule is Cc1ccc(Br)c(CS(=O)(=O)CC2CC2)n1. The van der Waals surface area contributed by atoms with Gasteiger partial charge in [-0.1, -0.05) is 0 Å². The van der Waals surface area contributed by atoms with Gasteiger partial charge in [0.05, 0.1) is 17.2 Å². The number of halogens is 1. The van der Waals surface area contributed by atoms with E-state index < -0.39 is 9.84 Å². The molecule has 0 aromatic carbocycles. The minimum atomic E-state index is -3.00. The average molecular weight is 304 g/mol. The van der Waals surface area contributed by atoms with Crippen molar-refractivity contribution in [3.63, 3.8) is 0 Å². The molecule has 3 nitrogen and oxygen atoms in total.